The zero-order valence-corrected chi connectivity index (χ0v) is 12.3. The highest BCUT2D eigenvalue weighted by Crippen LogP contribution is 2.20. The predicted octanol–water partition coefficient (Wildman–Crippen LogP) is 2.52. The van der Waals surface area contributed by atoms with E-state index < -0.39 is 0 Å². The van der Waals surface area contributed by atoms with Crippen molar-refractivity contribution in [2.45, 2.75) is 6.42 Å². The van der Waals surface area contributed by atoms with Gasteiger partial charge < -0.3 is 10.2 Å². The van der Waals surface area contributed by atoms with Crippen LogP contribution in [0.2, 0.25) is 5.02 Å². The first-order valence-electron chi connectivity index (χ1n) is 5.39. The Kier molecular flexibility index (Phi) is 6.15. The minimum Gasteiger partial charge on any atom is -0.336 e. The van der Waals surface area contributed by atoms with E-state index in [1.54, 1.807) is 31.3 Å². The molecule has 0 aliphatic carbocycles. The van der Waals surface area contributed by atoms with Crippen molar-refractivity contribution in [2.24, 2.45) is 0 Å². The molecule has 0 radical (unpaired) electrons. The summed E-state index contributed by atoms with van der Waals surface area (Å²) in [7, 11) is 1.59. The van der Waals surface area contributed by atoms with Gasteiger partial charge in [-0.05, 0) is 12.1 Å². The van der Waals surface area contributed by atoms with Crippen molar-refractivity contribution in [3.05, 3.63) is 29.3 Å². The third kappa shape index (κ3) is 4.66. The van der Waals surface area contributed by atoms with E-state index in [1.165, 1.54) is 4.90 Å². The first-order chi connectivity index (χ1) is 8.54. The summed E-state index contributed by atoms with van der Waals surface area (Å²) in [6, 6.07) is 6.96. The Hall–Kier alpha value is -1.07. The fourth-order valence-corrected chi connectivity index (χ4v) is 1.85. The molecule has 1 N–H and O–H groups in total. The molecule has 0 spiro atoms. The van der Waals surface area contributed by atoms with Crippen LogP contribution in [0.15, 0.2) is 24.3 Å². The molecule has 0 saturated carbocycles. The Morgan fingerprint density at radius 3 is 2.67 bits per heavy atom. The molecule has 2 amide bonds. The Morgan fingerprint density at radius 1 is 1.39 bits per heavy atom. The molecule has 0 aliphatic heterocycles. The number of carbonyl (C=O) groups is 2. The van der Waals surface area contributed by atoms with Crippen LogP contribution >= 0.6 is 27.5 Å². The second-order valence-corrected chi connectivity index (χ2v) is 4.92. The summed E-state index contributed by atoms with van der Waals surface area (Å²) in [6.45, 7) is 0.0110. The topological polar surface area (TPSA) is 49.4 Å². The molecule has 18 heavy (non-hydrogen) atoms. The maximum absolute atomic E-state index is 11.7. The maximum atomic E-state index is 11.7. The molecule has 0 bridgehead atoms. The maximum Gasteiger partial charge on any atom is 0.244 e. The fraction of sp³-hybridized carbons (Fsp3) is 0.333. The summed E-state index contributed by atoms with van der Waals surface area (Å²) >= 11 is 9.10. The number of hydrogen-bond acceptors (Lipinski definition) is 2. The lowest BCUT2D eigenvalue weighted by Gasteiger charge is -2.16. The van der Waals surface area contributed by atoms with Gasteiger partial charge in [0.25, 0.3) is 0 Å². The van der Waals surface area contributed by atoms with E-state index >= 15 is 0 Å². The number of nitrogens with zero attached hydrogens (tertiary/aromatic N) is 1. The number of benzene rings is 1. The van der Waals surface area contributed by atoms with Crippen LogP contribution < -0.4 is 5.32 Å². The van der Waals surface area contributed by atoms with Crippen molar-refractivity contribution in [1.29, 1.82) is 0 Å². The van der Waals surface area contributed by atoms with Gasteiger partial charge in [0.2, 0.25) is 11.8 Å². The molecule has 0 unspecified atom stereocenters. The number of hydrogen-bond donors (Lipinski definition) is 1. The first kappa shape index (κ1) is 15.0. The van der Waals surface area contributed by atoms with Crippen molar-refractivity contribution in [3.63, 3.8) is 0 Å². The first-order valence-corrected chi connectivity index (χ1v) is 6.89. The molecule has 0 heterocycles. The summed E-state index contributed by atoms with van der Waals surface area (Å²) in [5.74, 6) is -0.352. The van der Waals surface area contributed by atoms with Crippen LogP contribution in [0.1, 0.15) is 6.42 Å². The van der Waals surface area contributed by atoms with Crippen LogP contribution in [-0.2, 0) is 9.59 Å². The molecule has 6 heteroatoms. The van der Waals surface area contributed by atoms with Gasteiger partial charge in [0.1, 0.15) is 0 Å². The lowest BCUT2D eigenvalue weighted by atomic mass is 10.3. The zero-order chi connectivity index (χ0) is 13.5. The van der Waals surface area contributed by atoms with E-state index in [2.05, 4.69) is 21.2 Å². The van der Waals surface area contributed by atoms with Crippen molar-refractivity contribution in [3.8, 4) is 0 Å². The van der Waals surface area contributed by atoms with Crippen molar-refractivity contribution in [1.82, 2.24) is 4.90 Å². The molecular weight excluding hydrogens is 320 g/mol. The minimum atomic E-state index is -0.270. The van der Waals surface area contributed by atoms with Crippen LogP contribution in [0.5, 0.6) is 0 Å². The second kappa shape index (κ2) is 7.38. The second-order valence-electron chi connectivity index (χ2n) is 3.72. The Bertz CT molecular complexity index is 440. The Morgan fingerprint density at radius 2 is 2.06 bits per heavy atom. The number of anilines is 1. The molecule has 4 nitrogen and oxygen atoms in total. The van der Waals surface area contributed by atoms with Crippen LogP contribution in [0.3, 0.4) is 0 Å². The van der Waals surface area contributed by atoms with Crippen molar-refractivity contribution in [2.75, 3.05) is 24.2 Å². The van der Waals surface area contributed by atoms with E-state index in [1.807, 2.05) is 0 Å². The highest BCUT2D eigenvalue weighted by atomic mass is 79.9. The summed E-state index contributed by atoms with van der Waals surface area (Å²) in [6.07, 6.45) is 0.371. The molecular formula is C12H14BrClN2O2. The number of likely N-dealkylation sites (N-methyl/N-ethyl adjacent to an activating group) is 1. The Labute approximate surface area is 119 Å². The zero-order valence-electron chi connectivity index (χ0n) is 9.95. The van der Waals surface area contributed by atoms with E-state index in [0.29, 0.717) is 22.5 Å². The van der Waals surface area contributed by atoms with Gasteiger partial charge in [-0.25, -0.2) is 0 Å². The molecule has 1 aromatic carbocycles. The number of para-hydroxylation sites is 1. The molecule has 1 aromatic rings. The summed E-state index contributed by atoms with van der Waals surface area (Å²) in [4.78, 5) is 24.6. The van der Waals surface area contributed by atoms with Gasteiger partial charge in [-0.3, -0.25) is 9.59 Å². The van der Waals surface area contributed by atoms with E-state index in [-0.39, 0.29) is 18.4 Å². The SMILES string of the molecule is CN(CC(=O)Nc1ccccc1Cl)C(=O)CCBr. The van der Waals surface area contributed by atoms with Crippen molar-refractivity contribution >= 4 is 45.0 Å². The average Bonchev–Trinajstić information content (AvgIpc) is 2.32. The highest BCUT2D eigenvalue weighted by Gasteiger charge is 2.12. The van der Waals surface area contributed by atoms with Gasteiger partial charge in [-0.15, -0.1) is 0 Å². The van der Waals surface area contributed by atoms with Gasteiger partial charge in [-0.1, -0.05) is 39.7 Å². The predicted molar refractivity (Wildman–Crippen MR) is 76.1 cm³/mol. The summed E-state index contributed by atoms with van der Waals surface area (Å²) < 4.78 is 0. The van der Waals surface area contributed by atoms with E-state index in [0.717, 1.165) is 0 Å². The highest BCUT2D eigenvalue weighted by molar-refractivity contribution is 9.09. The molecule has 98 valence electrons. The number of halogens is 2. The third-order valence-electron chi connectivity index (χ3n) is 2.26. The monoisotopic (exact) mass is 332 g/mol. The lowest BCUT2D eigenvalue weighted by molar-refractivity contribution is -0.132. The summed E-state index contributed by atoms with van der Waals surface area (Å²) in [5.41, 5.74) is 0.547. The van der Waals surface area contributed by atoms with Gasteiger partial charge in [-0.2, -0.15) is 0 Å². The number of amides is 2. The minimum absolute atomic E-state index is 0.0110. The number of rotatable bonds is 5. The van der Waals surface area contributed by atoms with Gasteiger partial charge in [0, 0.05) is 18.8 Å². The Balaban J connectivity index is 2.52. The number of nitrogens with one attached hydrogen (secondary N) is 1. The van der Waals surface area contributed by atoms with Gasteiger partial charge >= 0.3 is 0 Å². The normalized spacial score (nSPS) is 9.94. The number of alkyl halides is 1. The van der Waals surface area contributed by atoms with Crippen LogP contribution in [0.4, 0.5) is 5.69 Å². The van der Waals surface area contributed by atoms with Gasteiger partial charge in [0.15, 0.2) is 0 Å². The van der Waals surface area contributed by atoms with E-state index in [4.69, 9.17) is 11.6 Å². The quantitative estimate of drug-likeness (QED) is 0.842. The standard InChI is InChI=1S/C12H14BrClN2O2/c1-16(12(18)6-7-13)8-11(17)15-10-5-3-2-4-9(10)14/h2-5H,6-8H2,1H3,(H,15,17). The fourth-order valence-electron chi connectivity index (χ4n) is 1.33. The van der Waals surface area contributed by atoms with Gasteiger partial charge in [0.05, 0.1) is 17.3 Å². The van der Waals surface area contributed by atoms with Crippen LogP contribution in [0, 0.1) is 0 Å². The third-order valence-corrected chi connectivity index (χ3v) is 2.99. The smallest absolute Gasteiger partial charge is 0.244 e. The molecule has 0 fully saturated rings. The molecule has 0 aromatic heterocycles. The molecule has 0 atom stereocenters. The van der Waals surface area contributed by atoms with Crippen molar-refractivity contribution < 1.29 is 9.59 Å². The van der Waals surface area contributed by atoms with Crippen LogP contribution in [0.25, 0.3) is 0 Å². The molecule has 1 rings (SSSR count). The summed E-state index contributed by atoms with van der Waals surface area (Å²) in [5, 5.41) is 3.72. The van der Waals surface area contributed by atoms with Crippen LogP contribution in [-0.4, -0.2) is 35.6 Å². The lowest BCUT2D eigenvalue weighted by Crippen LogP contribution is -2.35. The molecule has 0 saturated heterocycles. The molecule has 0 aliphatic rings. The largest absolute Gasteiger partial charge is 0.336 e. The van der Waals surface area contributed by atoms with E-state index in [9.17, 15) is 9.59 Å². The average molecular weight is 334 g/mol. The number of carbonyl (C=O) groups excluding carboxylic acids is 2.